The molecule has 0 saturated carbocycles. The average molecular weight is 402 g/mol. The smallest absolute Gasteiger partial charge is 0.290 e. The zero-order valence-corrected chi connectivity index (χ0v) is 16.7. The van der Waals surface area contributed by atoms with Gasteiger partial charge >= 0.3 is 0 Å². The summed E-state index contributed by atoms with van der Waals surface area (Å²) in [6, 6.07) is 8.37. The highest BCUT2D eigenvalue weighted by molar-refractivity contribution is 7.12. The minimum Gasteiger partial charge on any atom is -0.503 e. The number of rotatable bonds is 8. The highest BCUT2D eigenvalue weighted by Gasteiger charge is 2.43. The first kappa shape index (κ1) is 20.2. The number of carbonyl (C=O) groups is 2. The zero-order valence-electron chi connectivity index (χ0n) is 15.9. The third-order valence-electron chi connectivity index (χ3n) is 5.03. The lowest BCUT2D eigenvalue weighted by molar-refractivity contribution is -0.129. The van der Waals surface area contributed by atoms with E-state index in [1.807, 2.05) is 13.8 Å². The molecule has 1 atom stereocenters. The van der Waals surface area contributed by atoms with Crippen molar-refractivity contribution < 1.29 is 19.1 Å². The van der Waals surface area contributed by atoms with E-state index in [-0.39, 0.29) is 11.4 Å². The molecule has 2 aromatic rings. The van der Waals surface area contributed by atoms with Crippen LogP contribution in [0.15, 0.2) is 53.1 Å². The molecule has 0 fully saturated rings. The van der Waals surface area contributed by atoms with Gasteiger partial charge in [0.25, 0.3) is 5.91 Å². The second-order valence-electron chi connectivity index (χ2n) is 6.55. The van der Waals surface area contributed by atoms with E-state index in [9.17, 15) is 19.1 Å². The van der Waals surface area contributed by atoms with Crippen LogP contribution in [0, 0.1) is 5.82 Å². The molecular weight excluding hydrogens is 379 g/mol. The Morgan fingerprint density at radius 1 is 1.21 bits per heavy atom. The lowest BCUT2D eigenvalue weighted by atomic mass is 9.95. The van der Waals surface area contributed by atoms with Gasteiger partial charge in [-0.25, -0.2) is 4.39 Å². The predicted molar refractivity (Wildman–Crippen MR) is 107 cm³/mol. The maximum Gasteiger partial charge on any atom is 0.290 e. The highest BCUT2D eigenvalue weighted by atomic mass is 32.1. The van der Waals surface area contributed by atoms with E-state index in [1.165, 1.54) is 28.4 Å². The summed E-state index contributed by atoms with van der Waals surface area (Å²) in [6.45, 7) is 6.71. The van der Waals surface area contributed by atoms with Crippen molar-refractivity contribution in [3.63, 3.8) is 0 Å². The minimum absolute atomic E-state index is 0.0543. The molecular formula is C21H23FN2O3S. The van der Waals surface area contributed by atoms with Crippen LogP contribution in [-0.4, -0.2) is 52.8 Å². The van der Waals surface area contributed by atoms with Crippen molar-refractivity contribution in [3.05, 3.63) is 69.4 Å². The van der Waals surface area contributed by atoms with Gasteiger partial charge in [-0.2, -0.15) is 0 Å². The van der Waals surface area contributed by atoms with E-state index in [0.29, 0.717) is 23.5 Å². The number of aliphatic hydroxyl groups is 1. The van der Waals surface area contributed by atoms with Crippen LogP contribution in [0.4, 0.5) is 4.39 Å². The third-order valence-corrected chi connectivity index (χ3v) is 5.90. The Labute approximate surface area is 167 Å². The number of likely N-dealkylation sites (N-methyl/N-ethyl adjacent to an activating group) is 1. The van der Waals surface area contributed by atoms with E-state index < -0.39 is 23.5 Å². The molecule has 7 heteroatoms. The molecule has 2 heterocycles. The monoisotopic (exact) mass is 402 g/mol. The van der Waals surface area contributed by atoms with Crippen LogP contribution in [0.5, 0.6) is 0 Å². The first-order valence-electron chi connectivity index (χ1n) is 9.28. The van der Waals surface area contributed by atoms with Gasteiger partial charge in [0.15, 0.2) is 5.76 Å². The van der Waals surface area contributed by atoms with Gasteiger partial charge in [0.05, 0.1) is 16.5 Å². The number of Topliss-reactive ketones (excluding diaryl/α,β-unsaturated/α-hetero) is 1. The number of aliphatic hydroxyl groups excluding tert-OH is 1. The molecule has 0 aliphatic carbocycles. The fourth-order valence-electron chi connectivity index (χ4n) is 3.44. The van der Waals surface area contributed by atoms with Gasteiger partial charge in [-0.05, 0) is 42.2 Å². The Morgan fingerprint density at radius 3 is 2.46 bits per heavy atom. The first-order chi connectivity index (χ1) is 13.5. The second kappa shape index (κ2) is 8.67. The van der Waals surface area contributed by atoms with Crippen molar-refractivity contribution in [2.24, 2.45) is 0 Å². The number of amides is 1. The van der Waals surface area contributed by atoms with Crippen LogP contribution in [0.25, 0.3) is 0 Å². The Hall–Kier alpha value is -2.51. The number of halogens is 1. The third kappa shape index (κ3) is 3.86. The molecule has 1 aromatic carbocycles. The number of thiophene rings is 1. The summed E-state index contributed by atoms with van der Waals surface area (Å²) in [5.74, 6) is -1.86. The summed E-state index contributed by atoms with van der Waals surface area (Å²) in [7, 11) is 0. The molecule has 148 valence electrons. The lowest BCUT2D eigenvalue weighted by Gasteiger charge is -2.29. The largest absolute Gasteiger partial charge is 0.503 e. The maximum atomic E-state index is 13.4. The first-order valence-corrected chi connectivity index (χ1v) is 10.2. The summed E-state index contributed by atoms with van der Waals surface area (Å²) in [5, 5.41) is 12.3. The highest BCUT2D eigenvalue weighted by Crippen LogP contribution is 2.39. The summed E-state index contributed by atoms with van der Waals surface area (Å²) in [6.07, 6.45) is 0. The summed E-state index contributed by atoms with van der Waals surface area (Å²) >= 11 is 1.25. The van der Waals surface area contributed by atoms with Gasteiger partial charge in [0, 0.05) is 13.1 Å². The van der Waals surface area contributed by atoms with E-state index in [1.54, 1.807) is 29.6 Å². The van der Waals surface area contributed by atoms with Gasteiger partial charge in [-0.1, -0.05) is 32.0 Å². The SMILES string of the molecule is CCN(CC)CCN1C(=O)C(O)=C(C(=O)c2cccs2)C1c1ccc(F)cc1. The number of hydrogen-bond donors (Lipinski definition) is 1. The van der Waals surface area contributed by atoms with E-state index >= 15 is 0 Å². The van der Waals surface area contributed by atoms with Gasteiger partial charge < -0.3 is 14.9 Å². The van der Waals surface area contributed by atoms with E-state index in [4.69, 9.17) is 0 Å². The van der Waals surface area contributed by atoms with Crippen molar-refractivity contribution in [2.45, 2.75) is 19.9 Å². The number of carbonyl (C=O) groups excluding carboxylic acids is 2. The number of benzene rings is 1. The maximum absolute atomic E-state index is 13.4. The van der Waals surface area contributed by atoms with Crippen LogP contribution in [-0.2, 0) is 4.79 Å². The van der Waals surface area contributed by atoms with Crippen LogP contribution >= 0.6 is 11.3 Å². The quantitative estimate of drug-likeness (QED) is 0.682. The molecule has 5 nitrogen and oxygen atoms in total. The minimum atomic E-state index is -0.738. The standard InChI is InChI=1S/C21H23FN2O3S/c1-3-23(4-2)11-12-24-18(14-7-9-15(22)10-8-14)17(20(26)21(24)27)19(25)16-6-5-13-28-16/h5-10,13,18,26H,3-4,11-12H2,1-2H3. The van der Waals surface area contributed by atoms with Crippen molar-refractivity contribution in [3.8, 4) is 0 Å². The number of hydrogen-bond acceptors (Lipinski definition) is 5. The van der Waals surface area contributed by atoms with Crippen LogP contribution in [0.2, 0.25) is 0 Å². The fraction of sp³-hybridized carbons (Fsp3) is 0.333. The van der Waals surface area contributed by atoms with Crippen LogP contribution < -0.4 is 0 Å². The predicted octanol–water partition coefficient (Wildman–Crippen LogP) is 3.81. The Morgan fingerprint density at radius 2 is 1.89 bits per heavy atom. The Bertz CT molecular complexity index is 874. The van der Waals surface area contributed by atoms with Gasteiger partial charge in [-0.15, -0.1) is 11.3 Å². The zero-order chi connectivity index (χ0) is 20.3. The van der Waals surface area contributed by atoms with Crippen molar-refractivity contribution >= 4 is 23.0 Å². The summed E-state index contributed by atoms with van der Waals surface area (Å²) in [5.41, 5.74) is 0.650. The molecule has 1 N–H and O–H groups in total. The molecule has 1 unspecified atom stereocenters. The molecule has 1 aliphatic rings. The molecule has 0 bridgehead atoms. The van der Waals surface area contributed by atoms with Crippen LogP contribution in [0.1, 0.15) is 35.1 Å². The topological polar surface area (TPSA) is 60.9 Å². The van der Waals surface area contributed by atoms with Gasteiger partial charge in [0.2, 0.25) is 5.78 Å². The summed E-state index contributed by atoms with van der Waals surface area (Å²) < 4.78 is 13.4. The molecule has 0 saturated heterocycles. The van der Waals surface area contributed by atoms with Crippen molar-refractivity contribution in [1.29, 1.82) is 0 Å². The van der Waals surface area contributed by atoms with Crippen molar-refractivity contribution in [1.82, 2.24) is 9.80 Å². The molecule has 1 aliphatic heterocycles. The van der Waals surface area contributed by atoms with Crippen molar-refractivity contribution in [2.75, 3.05) is 26.2 Å². The fourth-order valence-corrected chi connectivity index (χ4v) is 4.12. The Kier molecular flexibility index (Phi) is 6.26. The van der Waals surface area contributed by atoms with Crippen LogP contribution in [0.3, 0.4) is 0 Å². The normalized spacial score (nSPS) is 17.1. The van der Waals surface area contributed by atoms with Gasteiger partial charge in [0.1, 0.15) is 5.82 Å². The van der Waals surface area contributed by atoms with Gasteiger partial charge in [-0.3, -0.25) is 9.59 Å². The number of ketones is 1. The molecule has 28 heavy (non-hydrogen) atoms. The second-order valence-corrected chi connectivity index (χ2v) is 7.50. The molecule has 1 aromatic heterocycles. The van der Waals surface area contributed by atoms with E-state index in [2.05, 4.69) is 4.90 Å². The van der Waals surface area contributed by atoms with E-state index in [0.717, 1.165) is 13.1 Å². The molecule has 0 spiro atoms. The molecule has 1 amide bonds. The molecule has 3 rings (SSSR count). The summed E-state index contributed by atoms with van der Waals surface area (Å²) in [4.78, 5) is 30.0. The number of nitrogens with zero attached hydrogens (tertiary/aromatic N) is 2. The lowest BCUT2D eigenvalue weighted by Crippen LogP contribution is -2.38. The molecule has 0 radical (unpaired) electrons. The Balaban J connectivity index is 1.99. The average Bonchev–Trinajstić information content (AvgIpc) is 3.32.